The lowest BCUT2D eigenvalue weighted by Crippen LogP contribution is -2.16. The Morgan fingerprint density at radius 3 is 2.27 bits per heavy atom. The first-order chi connectivity index (χ1) is 5.16. The molecule has 0 fully saturated rings. The van der Waals surface area contributed by atoms with E-state index in [4.69, 9.17) is 9.47 Å². The van der Waals surface area contributed by atoms with Crippen LogP contribution in [0.4, 0.5) is 0 Å². The number of hydrogen-bond donors (Lipinski definition) is 0. The first-order valence-corrected chi connectivity index (χ1v) is 4.19. The lowest BCUT2D eigenvalue weighted by Gasteiger charge is -2.14. The molecule has 0 aromatic heterocycles. The maximum absolute atomic E-state index is 5.36. The summed E-state index contributed by atoms with van der Waals surface area (Å²) in [5, 5.41) is 0. The van der Waals surface area contributed by atoms with Gasteiger partial charge in [-0.25, -0.2) is 0 Å². The Balaban J connectivity index is 3.15. The Hall–Kier alpha value is -0.0800. The van der Waals surface area contributed by atoms with Crippen molar-refractivity contribution in [2.75, 3.05) is 13.2 Å². The van der Waals surface area contributed by atoms with E-state index in [1.165, 1.54) is 0 Å². The molecule has 0 saturated heterocycles. The van der Waals surface area contributed by atoms with Gasteiger partial charge in [-0.3, -0.25) is 0 Å². The summed E-state index contributed by atoms with van der Waals surface area (Å²) >= 11 is 0. The molecule has 2 nitrogen and oxygen atoms in total. The molecule has 0 aromatic carbocycles. The maximum atomic E-state index is 5.36. The van der Waals surface area contributed by atoms with Crippen molar-refractivity contribution < 1.29 is 9.47 Å². The molecule has 11 heavy (non-hydrogen) atoms. The highest BCUT2D eigenvalue weighted by molar-refractivity contribution is 4.42. The SMILES string of the molecule is [CH2]CCOC(C)OCC(C)C. The summed E-state index contributed by atoms with van der Waals surface area (Å²) in [5.74, 6) is 0.570. The van der Waals surface area contributed by atoms with E-state index >= 15 is 0 Å². The lowest BCUT2D eigenvalue weighted by atomic mass is 10.2. The monoisotopic (exact) mass is 159 g/mol. The zero-order chi connectivity index (χ0) is 8.69. The Kier molecular flexibility index (Phi) is 6.57. The minimum atomic E-state index is -0.0841. The molecule has 1 atom stereocenters. The third kappa shape index (κ3) is 7.82. The van der Waals surface area contributed by atoms with Crippen molar-refractivity contribution in [3.8, 4) is 0 Å². The zero-order valence-corrected chi connectivity index (χ0v) is 7.80. The van der Waals surface area contributed by atoms with Crippen LogP contribution < -0.4 is 0 Å². The minimum absolute atomic E-state index is 0.0841. The average Bonchev–Trinajstić information content (AvgIpc) is 1.97. The Morgan fingerprint density at radius 1 is 1.18 bits per heavy atom. The Morgan fingerprint density at radius 2 is 1.82 bits per heavy atom. The molecule has 0 aliphatic carbocycles. The molecule has 2 heteroatoms. The Bertz CT molecular complexity index is 81.6. The summed E-state index contributed by atoms with van der Waals surface area (Å²) in [4.78, 5) is 0. The average molecular weight is 159 g/mol. The van der Waals surface area contributed by atoms with E-state index in [-0.39, 0.29) is 6.29 Å². The summed E-state index contributed by atoms with van der Waals surface area (Å²) in [7, 11) is 0. The fourth-order valence-corrected chi connectivity index (χ4v) is 0.625. The van der Waals surface area contributed by atoms with E-state index < -0.39 is 0 Å². The van der Waals surface area contributed by atoms with Crippen LogP contribution in [0.1, 0.15) is 27.2 Å². The van der Waals surface area contributed by atoms with Gasteiger partial charge >= 0.3 is 0 Å². The van der Waals surface area contributed by atoms with E-state index in [2.05, 4.69) is 20.8 Å². The predicted octanol–water partition coefficient (Wildman–Crippen LogP) is 2.25. The number of ether oxygens (including phenoxy) is 2. The second-order valence-electron chi connectivity index (χ2n) is 3.02. The van der Waals surface area contributed by atoms with Crippen LogP contribution in [-0.2, 0) is 9.47 Å². The van der Waals surface area contributed by atoms with Gasteiger partial charge in [0.1, 0.15) is 0 Å². The Labute approximate surface area is 69.9 Å². The standard InChI is InChI=1S/C9H19O2/c1-5-6-10-9(4)11-7-8(2)3/h8-9H,1,5-7H2,2-4H3. The number of rotatable bonds is 6. The molecule has 0 aliphatic heterocycles. The van der Waals surface area contributed by atoms with Gasteiger partial charge < -0.3 is 9.47 Å². The molecule has 1 radical (unpaired) electrons. The second kappa shape index (κ2) is 6.62. The third-order valence-corrected chi connectivity index (χ3v) is 1.16. The normalized spacial score (nSPS) is 13.9. The molecular formula is C9H19O2. The molecule has 0 bridgehead atoms. The summed E-state index contributed by atoms with van der Waals surface area (Å²) in [6.45, 7) is 11.3. The van der Waals surface area contributed by atoms with Gasteiger partial charge in [0.05, 0.1) is 6.61 Å². The third-order valence-electron chi connectivity index (χ3n) is 1.16. The van der Waals surface area contributed by atoms with E-state index in [0.717, 1.165) is 13.0 Å². The van der Waals surface area contributed by atoms with Crippen LogP contribution in [0.25, 0.3) is 0 Å². The van der Waals surface area contributed by atoms with Crippen LogP contribution in [0.5, 0.6) is 0 Å². The van der Waals surface area contributed by atoms with Crippen LogP contribution in [0.15, 0.2) is 0 Å². The molecule has 0 heterocycles. The van der Waals surface area contributed by atoms with Crippen molar-refractivity contribution in [1.29, 1.82) is 0 Å². The van der Waals surface area contributed by atoms with Crippen molar-refractivity contribution in [1.82, 2.24) is 0 Å². The molecule has 0 aromatic rings. The van der Waals surface area contributed by atoms with E-state index in [1.54, 1.807) is 0 Å². The largest absolute Gasteiger partial charge is 0.353 e. The maximum Gasteiger partial charge on any atom is 0.154 e. The first kappa shape index (κ1) is 10.9. The highest BCUT2D eigenvalue weighted by atomic mass is 16.7. The first-order valence-electron chi connectivity index (χ1n) is 4.19. The molecule has 0 aliphatic rings. The van der Waals surface area contributed by atoms with Crippen LogP contribution in [0, 0.1) is 12.8 Å². The van der Waals surface area contributed by atoms with Crippen molar-refractivity contribution in [3.05, 3.63) is 6.92 Å². The van der Waals surface area contributed by atoms with Crippen LogP contribution in [-0.4, -0.2) is 19.5 Å². The molecule has 1 unspecified atom stereocenters. The summed E-state index contributed by atoms with van der Waals surface area (Å²) in [6.07, 6.45) is 0.717. The molecule has 0 rings (SSSR count). The van der Waals surface area contributed by atoms with Gasteiger partial charge in [0.2, 0.25) is 0 Å². The summed E-state index contributed by atoms with van der Waals surface area (Å²) < 4.78 is 10.6. The molecule has 0 N–H and O–H groups in total. The summed E-state index contributed by atoms with van der Waals surface area (Å²) in [5.41, 5.74) is 0. The zero-order valence-electron chi connectivity index (χ0n) is 7.80. The lowest BCUT2D eigenvalue weighted by molar-refractivity contribution is -0.135. The van der Waals surface area contributed by atoms with Crippen molar-refractivity contribution in [2.24, 2.45) is 5.92 Å². The topological polar surface area (TPSA) is 18.5 Å². The fourth-order valence-electron chi connectivity index (χ4n) is 0.625. The number of hydrogen-bond acceptors (Lipinski definition) is 2. The van der Waals surface area contributed by atoms with Gasteiger partial charge in [-0.1, -0.05) is 20.8 Å². The van der Waals surface area contributed by atoms with Crippen molar-refractivity contribution in [3.63, 3.8) is 0 Å². The fraction of sp³-hybridized carbons (Fsp3) is 0.889. The van der Waals surface area contributed by atoms with Gasteiger partial charge in [0, 0.05) is 6.61 Å². The van der Waals surface area contributed by atoms with Crippen molar-refractivity contribution >= 4 is 0 Å². The highest BCUT2D eigenvalue weighted by Crippen LogP contribution is 1.99. The molecule has 0 saturated carbocycles. The molecule has 0 amide bonds. The van der Waals surface area contributed by atoms with Crippen molar-refractivity contribution in [2.45, 2.75) is 33.5 Å². The van der Waals surface area contributed by atoms with Crippen LogP contribution >= 0.6 is 0 Å². The van der Waals surface area contributed by atoms with Gasteiger partial charge in [-0.2, -0.15) is 0 Å². The molecular weight excluding hydrogens is 140 g/mol. The molecule has 67 valence electrons. The van der Waals surface area contributed by atoms with E-state index in [9.17, 15) is 0 Å². The van der Waals surface area contributed by atoms with Gasteiger partial charge in [0.25, 0.3) is 0 Å². The minimum Gasteiger partial charge on any atom is -0.353 e. The quantitative estimate of drug-likeness (QED) is 0.553. The van der Waals surface area contributed by atoms with Crippen LogP contribution in [0.2, 0.25) is 0 Å². The predicted molar refractivity (Wildman–Crippen MR) is 46.2 cm³/mol. The van der Waals surface area contributed by atoms with E-state index in [1.807, 2.05) is 6.92 Å². The van der Waals surface area contributed by atoms with E-state index in [0.29, 0.717) is 12.5 Å². The van der Waals surface area contributed by atoms with Gasteiger partial charge in [-0.05, 0) is 19.3 Å². The van der Waals surface area contributed by atoms with Gasteiger partial charge in [0.15, 0.2) is 6.29 Å². The molecule has 0 spiro atoms. The highest BCUT2D eigenvalue weighted by Gasteiger charge is 2.01. The van der Waals surface area contributed by atoms with Crippen LogP contribution in [0.3, 0.4) is 0 Å². The smallest absolute Gasteiger partial charge is 0.154 e. The van der Waals surface area contributed by atoms with Gasteiger partial charge in [-0.15, -0.1) is 0 Å². The second-order valence-corrected chi connectivity index (χ2v) is 3.02. The summed E-state index contributed by atoms with van der Waals surface area (Å²) in [6, 6.07) is 0.